The molecule has 2 aromatic heterocycles. The van der Waals surface area contributed by atoms with Gasteiger partial charge >= 0.3 is 0 Å². The molecule has 2 saturated heterocycles. The number of rotatable bonds is 4. The summed E-state index contributed by atoms with van der Waals surface area (Å²) in [6.07, 6.45) is 9.01. The van der Waals surface area contributed by atoms with Crippen molar-refractivity contribution in [3.05, 3.63) is 66.4 Å². The van der Waals surface area contributed by atoms with Gasteiger partial charge in [0.05, 0.1) is 17.8 Å². The average molecular weight is 436 g/mol. The Hall–Kier alpha value is -3.42. The van der Waals surface area contributed by atoms with Crippen LogP contribution in [0, 0.1) is 11.7 Å². The number of nitrogens with zero attached hydrogens (tertiary/aromatic N) is 5. The molecule has 166 valence electrons. The first-order chi connectivity index (χ1) is 15.6. The van der Waals surface area contributed by atoms with Crippen LogP contribution in [-0.2, 0) is 4.79 Å². The summed E-state index contributed by atoms with van der Waals surface area (Å²) in [6.45, 7) is 2.70. The van der Waals surface area contributed by atoms with E-state index in [0.29, 0.717) is 30.2 Å². The zero-order chi connectivity index (χ0) is 22.1. The van der Waals surface area contributed by atoms with E-state index in [2.05, 4.69) is 5.10 Å². The van der Waals surface area contributed by atoms with Crippen molar-refractivity contribution in [3.63, 3.8) is 0 Å². The first-order valence-corrected chi connectivity index (χ1v) is 11.2. The van der Waals surface area contributed by atoms with Gasteiger partial charge in [0, 0.05) is 38.6 Å². The maximum Gasteiger partial charge on any atom is 0.259 e. The minimum absolute atomic E-state index is 0.138. The van der Waals surface area contributed by atoms with Gasteiger partial charge in [-0.05, 0) is 62.1 Å². The number of halogens is 1. The van der Waals surface area contributed by atoms with Gasteiger partial charge in [-0.2, -0.15) is 5.10 Å². The van der Waals surface area contributed by atoms with Crippen molar-refractivity contribution >= 4 is 11.8 Å². The van der Waals surface area contributed by atoms with Crippen LogP contribution >= 0.6 is 0 Å². The molecule has 0 spiro atoms. The van der Waals surface area contributed by atoms with Crippen LogP contribution in [0.4, 0.5) is 4.39 Å². The van der Waals surface area contributed by atoms with Crippen molar-refractivity contribution in [3.8, 4) is 11.5 Å². The van der Waals surface area contributed by atoms with E-state index in [-0.39, 0.29) is 23.5 Å². The summed E-state index contributed by atoms with van der Waals surface area (Å²) in [5.41, 5.74) is 1.12. The predicted molar refractivity (Wildman–Crippen MR) is 117 cm³/mol. The molecular weight excluding hydrogens is 409 g/mol. The van der Waals surface area contributed by atoms with E-state index in [4.69, 9.17) is 0 Å². The SMILES string of the molecule is O=C(c1cnn(-c2ccc(F)cc2)c1-n1cccc1)N1CCC[C@H](C(=O)N2CCCC2)C1. The van der Waals surface area contributed by atoms with Crippen molar-refractivity contribution < 1.29 is 14.0 Å². The number of hydrogen-bond donors (Lipinski definition) is 0. The van der Waals surface area contributed by atoms with Crippen molar-refractivity contribution in [2.75, 3.05) is 26.2 Å². The molecule has 0 bridgehead atoms. The lowest BCUT2D eigenvalue weighted by Gasteiger charge is -2.34. The highest BCUT2D eigenvalue weighted by molar-refractivity contribution is 5.97. The van der Waals surface area contributed by atoms with Crippen LogP contribution in [0.3, 0.4) is 0 Å². The number of amides is 2. The zero-order valence-electron chi connectivity index (χ0n) is 17.9. The van der Waals surface area contributed by atoms with Crippen molar-refractivity contribution in [1.29, 1.82) is 0 Å². The number of carbonyl (C=O) groups is 2. The molecule has 8 heteroatoms. The number of benzene rings is 1. The van der Waals surface area contributed by atoms with Crippen LogP contribution in [0.25, 0.3) is 11.5 Å². The molecule has 0 saturated carbocycles. The average Bonchev–Trinajstić information content (AvgIpc) is 3.60. The van der Waals surface area contributed by atoms with Gasteiger partial charge in [0.25, 0.3) is 5.91 Å². The first kappa shape index (κ1) is 20.5. The molecule has 0 N–H and O–H groups in total. The topological polar surface area (TPSA) is 63.4 Å². The summed E-state index contributed by atoms with van der Waals surface area (Å²) in [5.74, 6) is 0.156. The minimum Gasteiger partial charge on any atom is -0.342 e. The fourth-order valence-electron chi connectivity index (χ4n) is 4.72. The Bertz CT molecular complexity index is 1100. The van der Waals surface area contributed by atoms with Crippen LogP contribution in [0.15, 0.2) is 55.0 Å². The van der Waals surface area contributed by atoms with Gasteiger partial charge in [-0.25, -0.2) is 9.07 Å². The van der Waals surface area contributed by atoms with Gasteiger partial charge in [-0.1, -0.05) is 0 Å². The van der Waals surface area contributed by atoms with E-state index in [1.807, 2.05) is 34.0 Å². The maximum absolute atomic E-state index is 13.6. The number of hydrogen-bond acceptors (Lipinski definition) is 3. The third-order valence-corrected chi connectivity index (χ3v) is 6.37. The van der Waals surface area contributed by atoms with Gasteiger partial charge in [0.15, 0.2) is 5.82 Å². The molecule has 3 aromatic rings. The maximum atomic E-state index is 13.6. The Balaban J connectivity index is 1.44. The summed E-state index contributed by atoms with van der Waals surface area (Å²) < 4.78 is 16.9. The Morgan fingerprint density at radius 3 is 2.34 bits per heavy atom. The molecule has 4 heterocycles. The molecule has 7 nitrogen and oxygen atoms in total. The Kier molecular flexibility index (Phi) is 5.51. The van der Waals surface area contributed by atoms with Crippen LogP contribution in [0.5, 0.6) is 0 Å². The Labute approximate surface area is 186 Å². The van der Waals surface area contributed by atoms with Gasteiger partial charge < -0.3 is 14.4 Å². The van der Waals surface area contributed by atoms with E-state index < -0.39 is 0 Å². The summed E-state index contributed by atoms with van der Waals surface area (Å²) in [7, 11) is 0. The lowest BCUT2D eigenvalue weighted by molar-refractivity contribution is -0.135. The van der Waals surface area contributed by atoms with Gasteiger partial charge in [0.1, 0.15) is 11.4 Å². The second kappa shape index (κ2) is 8.61. The quantitative estimate of drug-likeness (QED) is 0.632. The fourth-order valence-corrected chi connectivity index (χ4v) is 4.72. The number of piperidine rings is 1. The minimum atomic E-state index is -0.332. The molecule has 2 fully saturated rings. The highest BCUT2D eigenvalue weighted by Gasteiger charge is 2.34. The summed E-state index contributed by atoms with van der Waals surface area (Å²) in [6, 6.07) is 9.77. The predicted octanol–water partition coefficient (Wildman–Crippen LogP) is 3.28. The summed E-state index contributed by atoms with van der Waals surface area (Å²) in [5, 5.41) is 4.46. The summed E-state index contributed by atoms with van der Waals surface area (Å²) in [4.78, 5) is 30.2. The van der Waals surface area contributed by atoms with E-state index >= 15 is 0 Å². The Morgan fingerprint density at radius 1 is 0.938 bits per heavy atom. The molecule has 0 aliphatic carbocycles. The third kappa shape index (κ3) is 3.81. The van der Waals surface area contributed by atoms with Crippen molar-refractivity contribution in [1.82, 2.24) is 24.1 Å². The van der Waals surface area contributed by atoms with E-state index in [9.17, 15) is 14.0 Å². The largest absolute Gasteiger partial charge is 0.342 e. The van der Waals surface area contributed by atoms with Gasteiger partial charge in [-0.3, -0.25) is 9.59 Å². The molecule has 1 aromatic carbocycles. The van der Waals surface area contributed by atoms with E-state index in [1.54, 1.807) is 27.9 Å². The second-order valence-corrected chi connectivity index (χ2v) is 8.48. The normalized spacial score (nSPS) is 18.8. The molecule has 0 radical (unpaired) electrons. The summed E-state index contributed by atoms with van der Waals surface area (Å²) >= 11 is 0. The molecule has 5 rings (SSSR count). The third-order valence-electron chi connectivity index (χ3n) is 6.37. The molecule has 2 aliphatic rings. The monoisotopic (exact) mass is 435 g/mol. The fraction of sp³-hybridized carbons (Fsp3) is 0.375. The molecule has 0 unspecified atom stereocenters. The van der Waals surface area contributed by atoms with Crippen molar-refractivity contribution in [2.24, 2.45) is 5.92 Å². The van der Waals surface area contributed by atoms with Crippen LogP contribution in [-0.4, -0.2) is 62.1 Å². The second-order valence-electron chi connectivity index (χ2n) is 8.48. The highest BCUT2D eigenvalue weighted by Crippen LogP contribution is 2.26. The highest BCUT2D eigenvalue weighted by atomic mass is 19.1. The van der Waals surface area contributed by atoms with Crippen LogP contribution in [0.2, 0.25) is 0 Å². The number of likely N-dealkylation sites (tertiary alicyclic amines) is 2. The Morgan fingerprint density at radius 2 is 1.62 bits per heavy atom. The van der Waals surface area contributed by atoms with E-state index in [0.717, 1.165) is 38.8 Å². The van der Waals surface area contributed by atoms with Crippen LogP contribution < -0.4 is 0 Å². The smallest absolute Gasteiger partial charge is 0.259 e. The standard InChI is InChI=1S/C24H26FN5O2/c25-19-7-9-20(10-8-19)30-22(27-11-1-2-12-27)21(16-26-30)24(32)29-15-5-6-18(17-29)23(31)28-13-3-4-14-28/h1-2,7-12,16,18H,3-6,13-15,17H2/t18-/m0/s1. The van der Waals surface area contributed by atoms with Crippen LogP contribution in [0.1, 0.15) is 36.0 Å². The first-order valence-electron chi connectivity index (χ1n) is 11.2. The lowest BCUT2D eigenvalue weighted by Crippen LogP contribution is -2.46. The van der Waals surface area contributed by atoms with Crippen molar-refractivity contribution in [2.45, 2.75) is 25.7 Å². The zero-order valence-corrected chi connectivity index (χ0v) is 17.9. The number of aromatic nitrogens is 3. The van der Waals surface area contributed by atoms with Gasteiger partial charge in [0.2, 0.25) is 5.91 Å². The molecule has 2 aliphatic heterocycles. The molecule has 1 atom stereocenters. The van der Waals surface area contributed by atoms with E-state index in [1.165, 1.54) is 12.1 Å². The lowest BCUT2D eigenvalue weighted by atomic mass is 9.96. The molecular formula is C24H26FN5O2. The van der Waals surface area contributed by atoms with Gasteiger partial charge in [-0.15, -0.1) is 0 Å². The molecule has 32 heavy (non-hydrogen) atoms. The molecule has 2 amide bonds. The number of carbonyl (C=O) groups excluding carboxylic acids is 2.